The van der Waals surface area contributed by atoms with E-state index in [0.29, 0.717) is 18.0 Å². The van der Waals surface area contributed by atoms with Crippen molar-refractivity contribution in [1.82, 2.24) is 9.29 Å². The molecule has 0 bridgehead atoms. The van der Waals surface area contributed by atoms with E-state index in [1.807, 2.05) is 6.92 Å². The van der Waals surface area contributed by atoms with Crippen LogP contribution >= 0.6 is 11.6 Å². The van der Waals surface area contributed by atoms with Crippen LogP contribution in [0, 0.1) is 0 Å². The number of hydrogen-bond donors (Lipinski definition) is 1. The molecule has 0 aliphatic carbocycles. The molecule has 124 valence electrons. The highest BCUT2D eigenvalue weighted by molar-refractivity contribution is 7.89. The van der Waals surface area contributed by atoms with E-state index in [1.54, 1.807) is 30.5 Å². The second kappa shape index (κ2) is 7.77. The lowest BCUT2D eigenvalue weighted by molar-refractivity contribution is 0.567. The molecule has 1 heterocycles. The predicted octanol–water partition coefficient (Wildman–Crippen LogP) is 2.43. The molecule has 5 nitrogen and oxygen atoms in total. The van der Waals surface area contributed by atoms with Crippen LogP contribution in [0.4, 0.5) is 0 Å². The number of sulfonamides is 1. The lowest BCUT2D eigenvalue weighted by Crippen LogP contribution is -2.27. The highest BCUT2D eigenvalue weighted by atomic mass is 35.5. The van der Waals surface area contributed by atoms with E-state index in [9.17, 15) is 13.2 Å². The van der Waals surface area contributed by atoms with Crippen molar-refractivity contribution in [3.8, 4) is 0 Å². The van der Waals surface area contributed by atoms with Crippen molar-refractivity contribution in [3.63, 3.8) is 0 Å². The van der Waals surface area contributed by atoms with E-state index in [0.717, 1.165) is 12.0 Å². The van der Waals surface area contributed by atoms with Gasteiger partial charge in [-0.1, -0.05) is 30.7 Å². The van der Waals surface area contributed by atoms with Gasteiger partial charge in [-0.25, -0.2) is 13.1 Å². The Morgan fingerprint density at radius 1 is 1.13 bits per heavy atom. The van der Waals surface area contributed by atoms with E-state index >= 15 is 0 Å². The number of aromatic nitrogens is 1. The van der Waals surface area contributed by atoms with Crippen molar-refractivity contribution in [1.29, 1.82) is 0 Å². The Hall–Kier alpha value is -1.63. The molecule has 0 fully saturated rings. The molecule has 0 aliphatic rings. The van der Waals surface area contributed by atoms with Crippen LogP contribution in [0.15, 0.2) is 52.3 Å². The summed E-state index contributed by atoms with van der Waals surface area (Å²) in [6.45, 7) is 2.66. The Bertz CT molecular complexity index is 814. The van der Waals surface area contributed by atoms with Crippen molar-refractivity contribution >= 4 is 21.6 Å². The molecule has 0 aliphatic heterocycles. The minimum Gasteiger partial charge on any atom is -0.314 e. The zero-order valence-electron chi connectivity index (χ0n) is 12.8. The van der Waals surface area contributed by atoms with E-state index in [2.05, 4.69) is 4.72 Å². The standard InChI is InChI=1S/C16H19ClN2O3S/c1-2-13-4-7-15(8-5-13)23(21,22)18-10-3-11-19-12-14(17)6-9-16(19)20/h4-9,12,18H,2-3,10-11H2,1H3. The predicted molar refractivity (Wildman–Crippen MR) is 91.3 cm³/mol. The van der Waals surface area contributed by atoms with E-state index in [-0.39, 0.29) is 17.0 Å². The Kier molecular flexibility index (Phi) is 5.98. The third-order valence-electron chi connectivity index (χ3n) is 3.46. The quantitative estimate of drug-likeness (QED) is 0.776. The Labute approximate surface area is 141 Å². The van der Waals surface area contributed by atoms with Gasteiger partial charge in [-0.2, -0.15) is 0 Å². The lowest BCUT2D eigenvalue weighted by Gasteiger charge is -2.09. The molecule has 0 saturated carbocycles. The molecule has 23 heavy (non-hydrogen) atoms. The number of nitrogens with zero attached hydrogens (tertiary/aromatic N) is 1. The first-order valence-corrected chi connectivity index (χ1v) is 9.23. The molecule has 1 N–H and O–H groups in total. The smallest absolute Gasteiger partial charge is 0.250 e. The molecule has 0 atom stereocenters. The van der Waals surface area contributed by atoms with Crippen LogP contribution in [-0.4, -0.2) is 19.5 Å². The second-order valence-electron chi connectivity index (χ2n) is 5.13. The van der Waals surface area contributed by atoms with Crippen LogP contribution in [0.25, 0.3) is 0 Å². The number of aryl methyl sites for hydroxylation is 2. The largest absolute Gasteiger partial charge is 0.314 e. The molecular weight excluding hydrogens is 336 g/mol. The molecule has 1 aromatic carbocycles. The minimum atomic E-state index is -3.52. The van der Waals surface area contributed by atoms with Crippen LogP contribution in [-0.2, 0) is 23.0 Å². The van der Waals surface area contributed by atoms with Crippen molar-refractivity contribution in [3.05, 3.63) is 63.5 Å². The topological polar surface area (TPSA) is 68.2 Å². The summed E-state index contributed by atoms with van der Waals surface area (Å²) in [5.41, 5.74) is 0.927. The average molecular weight is 355 g/mol. The Morgan fingerprint density at radius 2 is 1.83 bits per heavy atom. The fourth-order valence-corrected chi connectivity index (χ4v) is 3.38. The number of hydrogen-bond acceptors (Lipinski definition) is 3. The maximum Gasteiger partial charge on any atom is 0.250 e. The summed E-state index contributed by atoms with van der Waals surface area (Å²) in [5.74, 6) is 0. The Balaban J connectivity index is 1.92. The minimum absolute atomic E-state index is 0.160. The normalized spacial score (nSPS) is 11.6. The van der Waals surface area contributed by atoms with Crippen molar-refractivity contribution < 1.29 is 8.42 Å². The summed E-state index contributed by atoms with van der Waals surface area (Å²) in [4.78, 5) is 11.9. The number of rotatable bonds is 7. The first kappa shape index (κ1) is 17.7. The summed E-state index contributed by atoms with van der Waals surface area (Å²) in [5, 5.41) is 0.473. The molecule has 0 unspecified atom stereocenters. The first-order chi connectivity index (χ1) is 10.9. The summed E-state index contributed by atoms with van der Waals surface area (Å²) in [6, 6.07) is 9.73. The van der Waals surface area contributed by atoms with Crippen LogP contribution in [0.5, 0.6) is 0 Å². The van der Waals surface area contributed by atoms with Gasteiger partial charge in [0.2, 0.25) is 10.0 Å². The monoisotopic (exact) mass is 354 g/mol. The summed E-state index contributed by atoms with van der Waals surface area (Å²) >= 11 is 5.84. The molecule has 7 heteroatoms. The number of nitrogens with one attached hydrogen (secondary N) is 1. The second-order valence-corrected chi connectivity index (χ2v) is 7.33. The van der Waals surface area contributed by atoms with Crippen molar-refractivity contribution in [2.75, 3.05) is 6.54 Å². The van der Waals surface area contributed by atoms with Crippen LogP contribution in [0.2, 0.25) is 5.02 Å². The fraction of sp³-hybridized carbons (Fsp3) is 0.312. The van der Waals surface area contributed by atoms with Crippen molar-refractivity contribution in [2.24, 2.45) is 0 Å². The van der Waals surface area contributed by atoms with Gasteiger partial charge in [-0.15, -0.1) is 0 Å². The number of halogens is 1. The van der Waals surface area contributed by atoms with Gasteiger partial charge >= 0.3 is 0 Å². The first-order valence-electron chi connectivity index (χ1n) is 7.37. The fourth-order valence-electron chi connectivity index (χ4n) is 2.12. The van der Waals surface area contributed by atoms with Gasteiger partial charge in [-0.3, -0.25) is 4.79 Å². The SMILES string of the molecule is CCc1ccc(S(=O)(=O)NCCCn2cc(Cl)ccc2=O)cc1. The molecule has 0 radical (unpaired) electrons. The van der Waals surface area contributed by atoms with Gasteiger partial charge in [0.1, 0.15) is 0 Å². The molecule has 0 amide bonds. The zero-order valence-corrected chi connectivity index (χ0v) is 14.4. The Morgan fingerprint density at radius 3 is 2.48 bits per heavy atom. The molecule has 2 rings (SSSR count). The number of benzene rings is 1. The van der Waals surface area contributed by atoms with Gasteiger partial charge in [0, 0.05) is 25.4 Å². The van der Waals surface area contributed by atoms with E-state index in [1.165, 1.54) is 16.7 Å². The average Bonchev–Trinajstić information content (AvgIpc) is 2.54. The van der Waals surface area contributed by atoms with Crippen LogP contribution in [0.3, 0.4) is 0 Å². The molecule has 1 aromatic heterocycles. The van der Waals surface area contributed by atoms with Crippen LogP contribution < -0.4 is 10.3 Å². The van der Waals surface area contributed by atoms with Gasteiger partial charge in [0.05, 0.1) is 9.92 Å². The van der Waals surface area contributed by atoms with Gasteiger partial charge < -0.3 is 4.57 Å². The highest BCUT2D eigenvalue weighted by Gasteiger charge is 2.12. The van der Waals surface area contributed by atoms with Gasteiger partial charge in [-0.05, 0) is 36.6 Å². The van der Waals surface area contributed by atoms with Crippen molar-refractivity contribution in [2.45, 2.75) is 31.2 Å². The third kappa shape index (κ3) is 4.92. The molecular formula is C16H19ClN2O3S. The number of pyridine rings is 1. The van der Waals surface area contributed by atoms with E-state index in [4.69, 9.17) is 11.6 Å². The maximum absolute atomic E-state index is 12.2. The highest BCUT2D eigenvalue weighted by Crippen LogP contribution is 2.11. The zero-order chi connectivity index (χ0) is 16.9. The lowest BCUT2D eigenvalue weighted by atomic mass is 10.2. The third-order valence-corrected chi connectivity index (χ3v) is 5.16. The summed E-state index contributed by atoms with van der Waals surface area (Å²) in [7, 11) is -3.52. The van der Waals surface area contributed by atoms with E-state index < -0.39 is 10.0 Å². The summed E-state index contributed by atoms with van der Waals surface area (Å²) in [6.07, 6.45) is 2.90. The van der Waals surface area contributed by atoms with Crippen LogP contribution in [0.1, 0.15) is 18.9 Å². The van der Waals surface area contributed by atoms with Gasteiger partial charge in [0.25, 0.3) is 5.56 Å². The van der Waals surface area contributed by atoms with Gasteiger partial charge in [0.15, 0.2) is 0 Å². The maximum atomic E-state index is 12.2. The molecule has 0 spiro atoms. The molecule has 2 aromatic rings. The summed E-state index contributed by atoms with van der Waals surface area (Å²) < 4.78 is 28.3. The molecule has 0 saturated heterocycles.